The van der Waals surface area contributed by atoms with Crippen molar-refractivity contribution < 1.29 is 36.9 Å². The quantitative estimate of drug-likeness (QED) is 0.325. The summed E-state index contributed by atoms with van der Waals surface area (Å²) in [6.07, 6.45) is 2.14. The number of carboxylic acids is 1. The lowest BCUT2D eigenvalue weighted by Gasteiger charge is -2.23. The average molecular weight is 595 g/mol. The smallest absolute Gasteiger partial charge is 0.304 e. The molecule has 0 aromatic heterocycles. The van der Waals surface area contributed by atoms with Crippen LogP contribution in [-0.4, -0.2) is 44.2 Å². The largest absolute Gasteiger partial charge is 0.493 e. The Labute approximate surface area is 245 Å². The molecular weight excluding hydrogens is 559 g/mol. The van der Waals surface area contributed by atoms with Gasteiger partial charge in [-0.15, -0.1) is 0 Å². The Balaban J connectivity index is 1.20. The molecule has 1 saturated heterocycles. The van der Waals surface area contributed by atoms with Gasteiger partial charge in [0.1, 0.15) is 39.0 Å². The van der Waals surface area contributed by atoms with Crippen molar-refractivity contribution in [2.45, 2.75) is 58.0 Å². The first-order valence-electron chi connectivity index (χ1n) is 14.5. The fourth-order valence-electron chi connectivity index (χ4n) is 6.65. The third-order valence-corrected chi connectivity index (χ3v) is 10.5. The van der Waals surface area contributed by atoms with Crippen molar-refractivity contribution in [1.29, 1.82) is 0 Å². The highest BCUT2D eigenvalue weighted by Crippen LogP contribution is 2.45. The first-order chi connectivity index (χ1) is 20.1. The lowest BCUT2D eigenvalue weighted by molar-refractivity contribution is -0.137. The lowest BCUT2D eigenvalue weighted by Crippen LogP contribution is -2.26. The van der Waals surface area contributed by atoms with E-state index in [-0.39, 0.29) is 35.6 Å². The molecule has 2 aliphatic heterocycles. The SMILES string of the molecule is Cc1cc(OCC2CCS(=O)(=O)CC2)cc(C)c1-c1ccc(F)c2c1CCC2Oc1ccc2c(c1)OCC2CC(=O)O. The summed E-state index contributed by atoms with van der Waals surface area (Å²) in [4.78, 5) is 11.2. The van der Waals surface area contributed by atoms with Crippen LogP contribution in [0, 0.1) is 25.6 Å². The number of hydrogen-bond acceptors (Lipinski definition) is 6. The first-order valence-corrected chi connectivity index (χ1v) is 16.3. The summed E-state index contributed by atoms with van der Waals surface area (Å²) < 4.78 is 56.9. The molecule has 0 saturated carbocycles. The maximum absolute atomic E-state index is 15.3. The second-order valence-corrected chi connectivity index (χ2v) is 14.1. The van der Waals surface area contributed by atoms with Crippen LogP contribution in [0.3, 0.4) is 0 Å². The third kappa shape index (κ3) is 5.71. The minimum atomic E-state index is -2.90. The Morgan fingerprint density at radius 1 is 1.02 bits per heavy atom. The molecule has 9 heteroatoms. The Morgan fingerprint density at radius 2 is 1.76 bits per heavy atom. The highest BCUT2D eigenvalue weighted by molar-refractivity contribution is 7.91. The van der Waals surface area contributed by atoms with Crippen molar-refractivity contribution >= 4 is 15.8 Å². The minimum absolute atomic E-state index is 0.00999. The maximum atomic E-state index is 15.3. The number of sulfone groups is 1. The molecule has 0 amide bonds. The number of ether oxygens (including phenoxy) is 3. The number of fused-ring (bicyclic) bond motifs is 2. The van der Waals surface area contributed by atoms with E-state index in [2.05, 4.69) is 0 Å². The molecule has 6 rings (SSSR count). The third-order valence-electron chi connectivity index (χ3n) is 8.78. The van der Waals surface area contributed by atoms with Crippen molar-refractivity contribution in [3.8, 4) is 28.4 Å². The molecule has 3 aromatic rings. The highest BCUT2D eigenvalue weighted by atomic mass is 32.2. The summed E-state index contributed by atoms with van der Waals surface area (Å²) in [6.45, 7) is 4.88. The Hall–Kier alpha value is -3.59. The molecule has 42 heavy (non-hydrogen) atoms. The molecule has 1 aliphatic carbocycles. The van der Waals surface area contributed by atoms with E-state index < -0.39 is 21.9 Å². The zero-order chi connectivity index (χ0) is 29.6. The van der Waals surface area contributed by atoms with Gasteiger partial charge in [0, 0.05) is 23.1 Å². The van der Waals surface area contributed by atoms with Gasteiger partial charge in [-0.25, -0.2) is 12.8 Å². The van der Waals surface area contributed by atoms with Crippen LogP contribution in [-0.2, 0) is 21.1 Å². The lowest BCUT2D eigenvalue weighted by atomic mass is 9.90. The fraction of sp³-hybridized carbons (Fsp3) is 0.424. The number of hydrogen-bond donors (Lipinski definition) is 1. The molecule has 3 aromatic carbocycles. The van der Waals surface area contributed by atoms with Crippen LogP contribution in [0.25, 0.3) is 11.1 Å². The zero-order valence-corrected chi connectivity index (χ0v) is 24.6. The van der Waals surface area contributed by atoms with E-state index in [1.54, 1.807) is 12.1 Å². The number of benzene rings is 3. The number of carboxylic acid groups (broad SMARTS) is 1. The Bertz CT molecular complexity index is 1610. The van der Waals surface area contributed by atoms with Crippen LogP contribution >= 0.6 is 0 Å². The minimum Gasteiger partial charge on any atom is -0.493 e. The maximum Gasteiger partial charge on any atom is 0.304 e. The van der Waals surface area contributed by atoms with Gasteiger partial charge in [0.15, 0.2) is 0 Å². The topological polar surface area (TPSA) is 99.1 Å². The summed E-state index contributed by atoms with van der Waals surface area (Å²) in [5, 5.41) is 9.16. The predicted molar refractivity (Wildman–Crippen MR) is 157 cm³/mol. The van der Waals surface area contributed by atoms with E-state index >= 15 is 4.39 Å². The van der Waals surface area contributed by atoms with Crippen LogP contribution in [0.4, 0.5) is 4.39 Å². The number of rotatable bonds is 8. The van der Waals surface area contributed by atoms with E-state index in [1.165, 1.54) is 6.07 Å². The molecule has 2 atom stereocenters. The molecule has 1 N–H and O–H groups in total. The van der Waals surface area contributed by atoms with Crippen LogP contribution < -0.4 is 14.2 Å². The molecule has 1 fully saturated rings. The molecule has 7 nitrogen and oxygen atoms in total. The zero-order valence-electron chi connectivity index (χ0n) is 23.8. The van der Waals surface area contributed by atoms with Gasteiger partial charge in [0.25, 0.3) is 0 Å². The van der Waals surface area contributed by atoms with Gasteiger partial charge in [0.2, 0.25) is 0 Å². The van der Waals surface area contributed by atoms with E-state index in [0.717, 1.165) is 39.1 Å². The van der Waals surface area contributed by atoms with Gasteiger partial charge in [-0.05, 0) is 97.5 Å². The van der Waals surface area contributed by atoms with Gasteiger partial charge < -0.3 is 19.3 Å². The van der Waals surface area contributed by atoms with Crippen molar-refractivity contribution in [2.75, 3.05) is 24.7 Å². The average Bonchev–Trinajstić information content (AvgIpc) is 3.53. The second kappa shape index (κ2) is 11.2. The monoisotopic (exact) mass is 594 g/mol. The predicted octanol–water partition coefficient (Wildman–Crippen LogP) is 6.33. The van der Waals surface area contributed by atoms with E-state index in [4.69, 9.17) is 19.3 Å². The van der Waals surface area contributed by atoms with Crippen LogP contribution in [0.5, 0.6) is 17.2 Å². The van der Waals surface area contributed by atoms with Gasteiger partial charge >= 0.3 is 5.97 Å². The van der Waals surface area contributed by atoms with Crippen molar-refractivity contribution in [3.05, 3.63) is 76.1 Å². The summed E-state index contributed by atoms with van der Waals surface area (Å²) in [6, 6.07) is 12.8. The molecule has 0 bridgehead atoms. The summed E-state index contributed by atoms with van der Waals surface area (Å²) >= 11 is 0. The summed E-state index contributed by atoms with van der Waals surface area (Å²) in [5.41, 5.74) is 6.48. The number of aryl methyl sites for hydroxylation is 2. The van der Waals surface area contributed by atoms with Crippen molar-refractivity contribution in [2.24, 2.45) is 5.92 Å². The molecule has 3 aliphatic rings. The number of aliphatic carboxylic acids is 1. The van der Waals surface area contributed by atoms with E-state index in [0.29, 0.717) is 56.0 Å². The molecule has 2 heterocycles. The van der Waals surface area contributed by atoms with Crippen molar-refractivity contribution in [1.82, 2.24) is 0 Å². The molecule has 0 spiro atoms. The van der Waals surface area contributed by atoms with Gasteiger partial charge in [-0.3, -0.25) is 4.79 Å². The molecule has 222 valence electrons. The fourth-order valence-corrected chi connectivity index (χ4v) is 8.24. The van der Waals surface area contributed by atoms with Crippen molar-refractivity contribution in [3.63, 3.8) is 0 Å². The van der Waals surface area contributed by atoms with Gasteiger partial charge in [-0.2, -0.15) is 0 Å². The van der Waals surface area contributed by atoms with Crippen LogP contribution in [0.1, 0.15) is 65.5 Å². The molecular formula is C33H35FO7S. The summed E-state index contributed by atoms with van der Waals surface area (Å²) in [5.74, 6) is 1.29. The second-order valence-electron chi connectivity index (χ2n) is 11.8. The number of halogens is 1. The van der Waals surface area contributed by atoms with Gasteiger partial charge in [-0.1, -0.05) is 12.1 Å². The summed E-state index contributed by atoms with van der Waals surface area (Å²) in [7, 11) is -2.90. The normalized spacial score (nSPS) is 20.9. The van der Waals surface area contributed by atoms with Gasteiger partial charge in [0.05, 0.1) is 31.1 Å². The molecule has 2 unspecified atom stereocenters. The van der Waals surface area contributed by atoms with E-state index in [9.17, 15) is 13.2 Å². The first kappa shape index (κ1) is 28.5. The Morgan fingerprint density at radius 3 is 2.48 bits per heavy atom. The van der Waals surface area contributed by atoms with Crippen LogP contribution in [0.15, 0.2) is 42.5 Å². The number of carbonyl (C=O) groups is 1. The van der Waals surface area contributed by atoms with E-state index in [1.807, 2.05) is 38.1 Å². The standard InChI is InChI=1S/C33H35FO7S/c1-19-13-24(39-17-21-9-11-42(37,38)12-10-21)14-20(2)32(19)26-5-7-28(34)33-27(26)6-8-29(33)41-23-3-4-25-22(15-31(35)36)18-40-30(25)16-23/h3-5,7,13-14,16,21-22,29H,6,8-12,15,17-18H2,1-2H3,(H,35,36). The van der Waals surface area contributed by atoms with Crippen LogP contribution in [0.2, 0.25) is 0 Å². The molecule has 0 radical (unpaired) electrons. The highest BCUT2D eigenvalue weighted by Gasteiger charge is 2.32. The Kier molecular flexibility index (Phi) is 7.64.